The standard InChI is InChI=1S/C22H35S2/c1-2-3-4-5-6-7-8-9-10-11-12-13-14-19-22-23-20-17-15-16-18-21(20)24-22/h15-18H,2-14,19H2,1H3/q+1. The first-order chi connectivity index (χ1) is 11.9. The summed E-state index contributed by atoms with van der Waals surface area (Å²) in [7, 11) is 0. The van der Waals surface area contributed by atoms with E-state index in [4.69, 9.17) is 0 Å². The molecular weight excluding hydrogens is 328 g/mol. The second kappa shape index (κ2) is 12.8. The third kappa shape index (κ3) is 8.07. The molecule has 0 aliphatic carbocycles. The van der Waals surface area contributed by atoms with Crippen LogP contribution in [0.25, 0.3) is 9.40 Å². The predicted octanol–water partition coefficient (Wildman–Crippen LogP) is 8.88. The number of rotatable bonds is 14. The SMILES string of the molecule is CCCCCCCCCCCCCCCc1sc2ccccc2[s+]1. The van der Waals surface area contributed by atoms with Crippen LogP contribution in [0.3, 0.4) is 0 Å². The van der Waals surface area contributed by atoms with Crippen LogP contribution in [0.15, 0.2) is 24.3 Å². The minimum Gasteiger partial charge on any atom is -0.0654 e. The Balaban J connectivity index is 1.39. The summed E-state index contributed by atoms with van der Waals surface area (Å²) in [6, 6.07) is 8.81. The van der Waals surface area contributed by atoms with Gasteiger partial charge in [-0.3, -0.25) is 0 Å². The molecule has 0 saturated heterocycles. The molecule has 0 nitrogen and oxygen atoms in total. The summed E-state index contributed by atoms with van der Waals surface area (Å²) in [5, 5.41) is 0. The van der Waals surface area contributed by atoms with Gasteiger partial charge in [0.1, 0.15) is 0 Å². The second-order valence-electron chi connectivity index (χ2n) is 7.02. The number of hydrogen-bond donors (Lipinski definition) is 0. The Hall–Kier alpha value is -0.470. The fourth-order valence-electron chi connectivity index (χ4n) is 3.27. The van der Waals surface area contributed by atoms with Gasteiger partial charge in [-0.25, -0.2) is 0 Å². The van der Waals surface area contributed by atoms with Crippen LogP contribution >= 0.6 is 22.7 Å². The zero-order valence-corrected chi connectivity index (χ0v) is 17.2. The molecule has 0 fully saturated rings. The van der Waals surface area contributed by atoms with Crippen molar-refractivity contribution in [1.29, 1.82) is 0 Å². The van der Waals surface area contributed by atoms with Crippen LogP contribution in [0.2, 0.25) is 0 Å². The molecule has 0 aliphatic heterocycles. The van der Waals surface area contributed by atoms with E-state index >= 15 is 0 Å². The van der Waals surface area contributed by atoms with Gasteiger partial charge < -0.3 is 0 Å². The fraction of sp³-hybridized carbons (Fsp3) is 0.682. The maximum atomic E-state index is 2.29. The van der Waals surface area contributed by atoms with E-state index < -0.39 is 0 Å². The molecule has 0 N–H and O–H groups in total. The van der Waals surface area contributed by atoms with Crippen LogP contribution in [0.4, 0.5) is 0 Å². The van der Waals surface area contributed by atoms with Gasteiger partial charge in [-0.15, -0.1) is 0 Å². The smallest absolute Gasteiger partial charge is 0.0654 e. The molecule has 1 heterocycles. The lowest BCUT2D eigenvalue weighted by Gasteiger charge is -2.02. The quantitative estimate of drug-likeness (QED) is 0.232. The largest absolute Gasteiger partial charge is 0.255 e. The van der Waals surface area contributed by atoms with Crippen LogP contribution in [0, 0.1) is 0 Å². The van der Waals surface area contributed by atoms with Gasteiger partial charge in [0.15, 0.2) is 9.40 Å². The van der Waals surface area contributed by atoms with Gasteiger partial charge >= 0.3 is 0 Å². The normalized spacial score (nSPS) is 11.4. The number of unbranched alkanes of at least 4 members (excludes halogenated alkanes) is 12. The first-order valence-corrected chi connectivity index (χ1v) is 11.8. The lowest BCUT2D eigenvalue weighted by molar-refractivity contribution is 0.540. The second-order valence-corrected chi connectivity index (χ2v) is 9.55. The summed E-state index contributed by atoms with van der Waals surface area (Å²) in [4.78, 5) is 0. The summed E-state index contributed by atoms with van der Waals surface area (Å²) >= 11 is 4.00. The highest BCUT2D eigenvalue weighted by Gasteiger charge is 2.14. The highest BCUT2D eigenvalue weighted by Crippen LogP contribution is 2.32. The fourth-order valence-corrected chi connectivity index (χ4v) is 5.84. The van der Waals surface area contributed by atoms with Crippen molar-refractivity contribution in [2.75, 3.05) is 0 Å². The molecule has 1 aromatic heterocycles. The molecule has 0 amide bonds. The molecular formula is C22H35S2+. The lowest BCUT2D eigenvalue weighted by Crippen LogP contribution is -1.84. The molecule has 0 saturated carbocycles. The van der Waals surface area contributed by atoms with Gasteiger partial charge in [0, 0.05) is 6.42 Å². The number of fused-ring (bicyclic) bond motifs is 1. The predicted molar refractivity (Wildman–Crippen MR) is 114 cm³/mol. The minimum atomic E-state index is 1.29. The Morgan fingerprint density at radius 3 is 1.83 bits per heavy atom. The molecule has 0 bridgehead atoms. The van der Waals surface area contributed by atoms with E-state index in [0.717, 1.165) is 0 Å². The van der Waals surface area contributed by atoms with Crippen molar-refractivity contribution in [3.05, 3.63) is 28.5 Å². The van der Waals surface area contributed by atoms with Crippen LogP contribution in [0.5, 0.6) is 0 Å². The topological polar surface area (TPSA) is 0 Å². The van der Waals surface area contributed by atoms with Crippen LogP contribution in [0.1, 0.15) is 94.6 Å². The Labute approximate surface area is 157 Å². The van der Waals surface area contributed by atoms with Crippen molar-refractivity contribution < 1.29 is 0 Å². The Bertz CT molecular complexity index is 511. The summed E-state index contributed by atoms with van der Waals surface area (Å²) in [5.74, 6) is 0. The molecule has 0 aliphatic rings. The third-order valence-electron chi connectivity index (χ3n) is 4.78. The van der Waals surface area contributed by atoms with E-state index in [1.165, 1.54) is 99.3 Å². The van der Waals surface area contributed by atoms with E-state index in [0.29, 0.717) is 0 Å². The van der Waals surface area contributed by atoms with Crippen molar-refractivity contribution in [1.82, 2.24) is 0 Å². The van der Waals surface area contributed by atoms with Crippen LogP contribution < -0.4 is 0 Å². The zero-order valence-electron chi connectivity index (χ0n) is 15.5. The van der Waals surface area contributed by atoms with Crippen LogP contribution in [-0.2, 0) is 6.42 Å². The van der Waals surface area contributed by atoms with Gasteiger partial charge in [-0.1, -0.05) is 96.1 Å². The van der Waals surface area contributed by atoms with Crippen molar-refractivity contribution in [2.45, 2.75) is 96.8 Å². The zero-order chi connectivity index (χ0) is 16.9. The number of aryl methyl sites for hydroxylation is 1. The molecule has 0 radical (unpaired) electrons. The van der Waals surface area contributed by atoms with Gasteiger partial charge in [0.05, 0.1) is 22.7 Å². The van der Waals surface area contributed by atoms with Gasteiger partial charge in [-0.2, -0.15) is 0 Å². The number of benzene rings is 1. The first kappa shape index (κ1) is 19.8. The Kier molecular flexibility index (Phi) is 10.6. The first-order valence-electron chi connectivity index (χ1n) is 10.2. The maximum absolute atomic E-state index is 2.29. The average molecular weight is 364 g/mol. The van der Waals surface area contributed by atoms with Crippen molar-refractivity contribution >= 4 is 32.1 Å². The minimum absolute atomic E-state index is 1.29. The Morgan fingerprint density at radius 2 is 1.25 bits per heavy atom. The summed E-state index contributed by atoms with van der Waals surface area (Å²) < 4.78 is 4.54. The molecule has 134 valence electrons. The lowest BCUT2D eigenvalue weighted by atomic mass is 10.0. The van der Waals surface area contributed by atoms with Gasteiger partial charge in [-0.05, 0) is 18.6 Å². The van der Waals surface area contributed by atoms with E-state index in [1.54, 1.807) is 4.19 Å². The molecule has 0 unspecified atom stereocenters. The molecule has 24 heavy (non-hydrogen) atoms. The highest BCUT2D eigenvalue weighted by atomic mass is 32.2. The maximum Gasteiger partial charge on any atom is 0.255 e. The molecule has 0 spiro atoms. The van der Waals surface area contributed by atoms with E-state index in [9.17, 15) is 0 Å². The molecule has 2 rings (SSSR count). The molecule has 1 aromatic carbocycles. The third-order valence-corrected chi connectivity index (χ3v) is 7.43. The van der Waals surface area contributed by atoms with Crippen molar-refractivity contribution in [2.24, 2.45) is 0 Å². The van der Waals surface area contributed by atoms with Gasteiger partial charge in [0.25, 0.3) is 4.19 Å². The van der Waals surface area contributed by atoms with Crippen molar-refractivity contribution in [3.63, 3.8) is 0 Å². The van der Waals surface area contributed by atoms with E-state index in [1.807, 2.05) is 22.7 Å². The van der Waals surface area contributed by atoms with E-state index in [2.05, 4.69) is 31.2 Å². The Morgan fingerprint density at radius 1 is 0.708 bits per heavy atom. The molecule has 2 aromatic rings. The summed E-state index contributed by atoms with van der Waals surface area (Å²) in [6.45, 7) is 2.29. The molecule has 0 atom stereocenters. The summed E-state index contributed by atoms with van der Waals surface area (Å²) in [5.41, 5.74) is 0. The van der Waals surface area contributed by atoms with Gasteiger partial charge in [0.2, 0.25) is 0 Å². The summed E-state index contributed by atoms with van der Waals surface area (Å²) in [6.07, 6.45) is 20.0. The highest BCUT2D eigenvalue weighted by molar-refractivity contribution is 7.38. The van der Waals surface area contributed by atoms with Crippen molar-refractivity contribution in [3.8, 4) is 0 Å². The van der Waals surface area contributed by atoms with Crippen LogP contribution in [-0.4, -0.2) is 0 Å². The van der Waals surface area contributed by atoms with E-state index in [-0.39, 0.29) is 0 Å². The monoisotopic (exact) mass is 363 g/mol. The number of hydrogen-bond acceptors (Lipinski definition) is 1. The average Bonchev–Trinajstić information content (AvgIpc) is 3.02. The molecule has 2 heteroatoms.